The molecule has 4 N–H and O–H groups in total. The second kappa shape index (κ2) is 10.0. The van der Waals surface area contributed by atoms with Crippen LogP contribution in [0.4, 0.5) is 4.79 Å². The van der Waals surface area contributed by atoms with Crippen molar-refractivity contribution in [3.8, 4) is 0 Å². The summed E-state index contributed by atoms with van der Waals surface area (Å²) in [5.41, 5.74) is 0. The van der Waals surface area contributed by atoms with E-state index in [9.17, 15) is 14.4 Å². The molecular weight excluding hydrogens is 266 g/mol. The molecule has 0 aliphatic rings. The fraction of sp³-hybridized carbons (Fsp3) is 0.750. The Bertz CT molecular complexity index is 331. The topological polar surface area (TPSA) is 119 Å². The molecule has 0 aromatic heterocycles. The van der Waals surface area contributed by atoms with Crippen LogP contribution < -0.4 is 10.6 Å². The number of carbonyl (C=O) groups is 3. The number of urea groups is 1. The molecule has 0 rings (SSSR count). The maximum atomic E-state index is 11.9. The summed E-state index contributed by atoms with van der Waals surface area (Å²) >= 11 is 0. The molecule has 0 aromatic rings. The smallest absolute Gasteiger partial charge is 0.322 e. The van der Waals surface area contributed by atoms with E-state index in [2.05, 4.69) is 10.6 Å². The van der Waals surface area contributed by atoms with Crippen molar-refractivity contribution in [2.45, 2.75) is 32.7 Å². The first-order chi connectivity index (χ1) is 9.46. The highest BCUT2D eigenvalue weighted by Gasteiger charge is 2.20. The predicted molar refractivity (Wildman–Crippen MR) is 72.2 cm³/mol. The standard InChI is InChI=1S/C12H23N3O5/c1-3-9(4-2)15(5-6-16)12(20)14-7-10(17)13-8-11(18)19/h9,16H,3-8H2,1-2H3,(H,13,17)(H,14,20)(H,18,19). The zero-order valence-electron chi connectivity index (χ0n) is 11.9. The van der Waals surface area contributed by atoms with Gasteiger partial charge in [-0.15, -0.1) is 0 Å². The van der Waals surface area contributed by atoms with E-state index in [1.54, 1.807) is 0 Å². The van der Waals surface area contributed by atoms with E-state index in [1.807, 2.05) is 13.8 Å². The van der Waals surface area contributed by atoms with Gasteiger partial charge in [-0.2, -0.15) is 0 Å². The van der Waals surface area contributed by atoms with Crippen LogP contribution in [-0.4, -0.2) is 65.3 Å². The minimum absolute atomic E-state index is 0.00997. The van der Waals surface area contributed by atoms with E-state index in [-0.39, 0.29) is 25.7 Å². The fourth-order valence-electron chi connectivity index (χ4n) is 1.78. The molecule has 0 bridgehead atoms. The second-order valence-electron chi connectivity index (χ2n) is 4.22. The van der Waals surface area contributed by atoms with E-state index in [0.717, 1.165) is 12.8 Å². The summed E-state index contributed by atoms with van der Waals surface area (Å²) in [5, 5.41) is 21.9. The predicted octanol–water partition coefficient (Wildman–Crippen LogP) is -0.620. The van der Waals surface area contributed by atoms with Crippen molar-refractivity contribution in [3.63, 3.8) is 0 Å². The van der Waals surface area contributed by atoms with Gasteiger partial charge in [0.2, 0.25) is 5.91 Å². The molecule has 0 aromatic carbocycles. The molecular formula is C12H23N3O5. The third-order valence-corrected chi connectivity index (χ3v) is 2.82. The lowest BCUT2D eigenvalue weighted by Gasteiger charge is -2.29. The summed E-state index contributed by atoms with van der Waals surface area (Å²) in [6.45, 7) is 3.12. The third kappa shape index (κ3) is 6.93. The molecule has 0 unspecified atom stereocenters. The fourth-order valence-corrected chi connectivity index (χ4v) is 1.78. The summed E-state index contributed by atoms with van der Waals surface area (Å²) in [6, 6.07) is -0.456. The molecule has 0 saturated carbocycles. The zero-order valence-corrected chi connectivity index (χ0v) is 11.9. The molecule has 0 atom stereocenters. The van der Waals surface area contributed by atoms with E-state index in [0.29, 0.717) is 0 Å². The van der Waals surface area contributed by atoms with Crippen LogP contribution in [0.15, 0.2) is 0 Å². The molecule has 8 nitrogen and oxygen atoms in total. The van der Waals surface area contributed by atoms with Gasteiger partial charge >= 0.3 is 12.0 Å². The molecule has 0 aliphatic carbocycles. The average Bonchev–Trinajstić information content (AvgIpc) is 2.42. The molecule has 0 aliphatic heterocycles. The zero-order chi connectivity index (χ0) is 15.5. The summed E-state index contributed by atoms with van der Waals surface area (Å²) in [7, 11) is 0. The van der Waals surface area contributed by atoms with Crippen molar-refractivity contribution >= 4 is 17.9 Å². The summed E-state index contributed by atoms with van der Waals surface area (Å²) in [4.78, 5) is 35.0. The van der Waals surface area contributed by atoms with Crippen LogP contribution >= 0.6 is 0 Å². The summed E-state index contributed by atoms with van der Waals surface area (Å²) < 4.78 is 0. The van der Waals surface area contributed by atoms with Gasteiger partial charge < -0.3 is 25.7 Å². The van der Waals surface area contributed by atoms with Gasteiger partial charge in [-0.05, 0) is 12.8 Å². The van der Waals surface area contributed by atoms with Crippen LogP contribution in [0.2, 0.25) is 0 Å². The highest BCUT2D eigenvalue weighted by molar-refractivity contribution is 5.86. The highest BCUT2D eigenvalue weighted by Crippen LogP contribution is 2.08. The molecule has 0 radical (unpaired) electrons. The number of carbonyl (C=O) groups excluding carboxylic acids is 2. The molecule has 3 amide bonds. The molecule has 0 fully saturated rings. The molecule has 0 saturated heterocycles. The first kappa shape index (κ1) is 18.2. The quantitative estimate of drug-likeness (QED) is 0.451. The number of rotatable bonds is 9. The number of nitrogens with one attached hydrogen (secondary N) is 2. The van der Waals surface area contributed by atoms with E-state index in [4.69, 9.17) is 10.2 Å². The number of hydrogen-bond donors (Lipinski definition) is 4. The molecule has 20 heavy (non-hydrogen) atoms. The normalized spacial score (nSPS) is 10.2. The van der Waals surface area contributed by atoms with Crippen molar-refractivity contribution in [1.82, 2.24) is 15.5 Å². The van der Waals surface area contributed by atoms with Crippen molar-refractivity contribution in [3.05, 3.63) is 0 Å². The number of aliphatic hydroxyl groups excluding tert-OH is 1. The summed E-state index contributed by atoms with van der Waals surface area (Å²) in [6.07, 6.45) is 1.49. The molecule has 0 heterocycles. The number of carboxylic acids is 1. The monoisotopic (exact) mass is 289 g/mol. The van der Waals surface area contributed by atoms with Crippen LogP contribution in [0.5, 0.6) is 0 Å². The highest BCUT2D eigenvalue weighted by atomic mass is 16.4. The largest absolute Gasteiger partial charge is 0.480 e. The van der Waals surface area contributed by atoms with E-state index >= 15 is 0 Å². The van der Waals surface area contributed by atoms with Gasteiger partial charge in [0, 0.05) is 12.6 Å². The second-order valence-corrected chi connectivity index (χ2v) is 4.22. The first-order valence-electron chi connectivity index (χ1n) is 6.60. The van der Waals surface area contributed by atoms with Crippen LogP contribution in [0.1, 0.15) is 26.7 Å². The Hall–Kier alpha value is -1.83. The maximum absolute atomic E-state index is 11.9. The van der Waals surface area contributed by atoms with E-state index < -0.39 is 24.5 Å². The van der Waals surface area contributed by atoms with Gasteiger partial charge in [-0.3, -0.25) is 9.59 Å². The number of amides is 3. The van der Waals surface area contributed by atoms with Gasteiger partial charge in [0.25, 0.3) is 0 Å². The first-order valence-corrected chi connectivity index (χ1v) is 6.60. The Labute approximate surface area is 118 Å². The Morgan fingerprint density at radius 3 is 2.15 bits per heavy atom. The van der Waals surface area contributed by atoms with Crippen molar-refractivity contribution in [2.24, 2.45) is 0 Å². The lowest BCUT2D eigenvalue weighted by molar-refractivity contribution is -0.137. The third-order valence-electron chi connectivity index (χ3n) is 2.82. The van der Waals surface area contributed by atoms with Gasteiger partial charge in [0.15, 0.2) is 0 Å². The average molecular weight is 289 g/mol. The maximum Gasteiger partial charge on any atom is 0.322 e. The lowest BCUT2D eigenvalue weighted by Crippen LogP contribution is -2.49. The SMILES string of the molecule is CCC(CC)N(CCO)C(=O)NCC(=O)NCC(=O)O. The Morgan fingerprint density at radius 1 is 1.10 bits per heavy atom. The Balaban J connectivity index is 4.32. The van der Waals surface area contributed by atoms with E-state index in [1.165, 1.54) is 4.90 Å². The van der Waals surface area contributed by atoms with Crippen LogP contribution in [0.3, 0.4) is 0 Å². The van der Waals surface area contributed by atoms with Gasteiger partial charge in [0.05, 0.1) is 13.2 Å². The number of aliphatic hydroxyl groups is 1. The number of carboxylic acid groups (broad SMARTS) is 1. The van der Waals surface area contributed by atoms with Crippen molar-refractivity contribution in [2.75, 3.05) is 26.2 Å². The van der Waals surface area contributed by atoms with Crippen molar-refractivity contribution in [1.29, 1.82) is 0 Å². The number of nitrogens with zero attached hydrogens (tertiary/aromatic N) is 1. The number of hydrogen-bond acceptors (Lipinski definition) is 4. The lowest BCUT2D eigenvalue weighted by atomic mass is 10.1. The molecule has 8 heteroatoms. The minimum atomic E-state index is -1.15. The molecule has 116 valence electrons. The van der Waals surface area contributed by atoms with Gasteiger partial charge in [-0.1, -0.05) is 13.8 Å². The minimum Gasteiger partial charge on any atom is -0.480 e. The van der Waals surface area contributed by atoms with Crippen LogP contribution in [-0.2, 0) is 9.59 Å². The Morgan fingerprint density at radius 2 is 1.70 bits per heavy atom. The van der Waals surface area contributed by atoms with Gasteiger partial charge in [-0.25, -0.2) is 4.79 Å². The number of aliphatic carboxylic acids is 1. The van der Waals surface area contributed by atoms with Crippen LogP contribution in [0, 0.1) is 0 Å². The summed E-state index contributed by atoms with van der Waals surface area (Å²) in [5.74, 6) is -1.72. The van der Waals surface area contributed by atoms with Crippen LogP contribution in [0.25, 0.3) is 0 Å². The van der Waals surface area contributed by atoms with Crippen molar-refractivity contribution < 1.29 is 24.6 Å². The molecule has 0 spiro atoms. The van der Waals surface area contributed by atoms with Gasteiger partial charge in [0.1, 0.15) is 6.54 Å². The Kier molecular flexibility index (Phi) is 9.10.